The second kappa shape index (κ2) is 12.4. The van der Waals surface area contributed by atoms with Gasteiger partial charge in [-0.25, -0.2) is 0 Å². The lowest BCUT2D eigenvalue weighted by Crippen LogP contribution is -2.40. The van der Waals surface area contributed by atoms with E-state index < -0.39 is 0 Å². The zero-order valence-electron chi connectivity index (χ0n) is 16.0. The van der Waals surface area contributed by atoms with Crippen molar-refractivity contribution >= 4 is 41.3 Å². The van der Waals surface area contributed by atoms with Gasteiger partial charge in [-0.3, -0.25) is 9.89 Å². The number of hydrogen-bond acceptors (Lipinski definition) is 4. The van der Waals surface area contributed by atoms with Gasteiger partial charge in [0, 0.05) is 18.0 Å². The van der Waals surface area contributed by atoms with Crippen molar-refractivity contribution in [1.82, 2.24) is 15.5 Å². The van der Waals surface area contributed by atoms with E-state index in [-0.39, 0.29) is 30.0 Å². The van der Waals surface area contributed by atoms with Crippen molar-refractivity contribution in [2.45, 2.75) is 38.6 Å². The fourth-order valence-corrected chi connectivity index (χ4v) is 4.08. The van der Waals surface area contributed by atoms with Gasteiger partial charge in [-0.2, -0.15) is 0 Å². The van der Waals surface area contributed by atoms with Crippen molar-refractivity contribution in [2.75, 3.05) is 32.7 Å². The third-order valence-corrected chi connectivity index (χ3v) is 5.65. The summed E-state index contributed by atoms with van der Waals surface area (Å²) in [6.45, 7) is 6.82. The number of piperidine rings is 1. The first-order valence-corrected chi connectivity index (χ1v) is 10.6. The van der Waals surface area contributed by atoms with Gasteiger partial charge in [-0.05, 0) is 62.9 Å². The fraction of sp³-hybridized carbons (Fsp3) is 0.550. The minimum absolute atomic E-state index is 0. The molecule has 5 nitrogen and oxygen atoms in total. The molecule has 1 atom stereocenters. The lowest BCUT2D eigenvalue weighted by molar-refractivity contribution is 0.150. The van der Waals surface area contributed by atoms with E-state index >= 15 is 0 Å². The zero-order chi connectivity index (χ0) is 18.0. The SMILES string of the molecule is CCNC(=NCC(c1ccco1)N1CCCCC1)NCCc1cccs1.I. The highest BCUT2D eigenvalue weighted by Crippen LogP contribution is 2.25. The summed E-state index contributed by atoms with van der Waals surface area (Å²) < 4.78 is 5.72. The molecule has 0 aromatic carbocycles. The molecule has 0 saturated carbocycles. The first kappa shape index (κ1) is 22.2. The molecule has 0 aliphatic carbocycles. The molecule has 0 bridgehead atoms. The van der Waals surface area contributed by atoms with Crippen LogP contribution in [-0.4, -0.2) is 43.6 Å². The highest BCUT2D eigenvalue weighted by Gasteiger charge is 2.24. The number of guanidine groups is 1. The van der Waals surface area contributed by atoms with Crippen LogP contribution >= 0.6 is 35.3 Å². The van der Waals surface area contributed by atoms with E-state index in [2.05, 4.69) is 46.0 Å². The number of rotatable bonds is 8. The maximum atomic E-state index is 5.72. The number of likely N-dealkylation sites (tertiary alicyclic amines) is 1. The molecule has 150 valence electrons. The third kappa shape index (κ3) is 7.12. The second-order valence-corrected chi connectivity index (χ2v) is 7.64. The van der Waals surface area contributed by atoms with Crippen molar-refractivity contribution in [3.63, 3.8) is 0 Å². The van der Waals surface area contributed by atoms with Crippen LogP contribution in [0.3, 0.4) is 0 Å². The molecule has 3 heterocycles. The van der Waals surface area contributed by atoms with Gasteiger partial charge < -0.3 is 15.1 Å². The maximum absolute atomic E-state index is 5.72. The Bertz CT molecular complexity index is 639. The molecular formula is C20H31IN4OS. The lowest BCUT2D eigenvalue weighted by Gasteiger charge is -2.32. The average molecular weight is 502 g/mol. The minimum atomic E-state index is 0. The molecule has 1 unspecified atom stereocenters. The van der Waals surface area contributed by atoms with Crippen molar-refractivity contribution in [3.05, 3.63) is 46.5 Å². The van der Waals surface area contributed by atoms with Crippen LogP contribution in [0.4, 0.5) is 0 Å². The first-order chi connectivity index (χ1) is 12.9. The Kier molecular flexibility index (Phi) is 10.2. The Balaban J connectivity index is 0.00000261. The smallest absolute Gasteiger partial charge is 0.191 e. The monoisotopic (exact) mass is 502 g/mol. The van der Waals surface area contributed by atoms with E-state index in [9.17, 15) is 0 Å². The van der Waals surface area contributed by atoms with Gasteiger partial charge in [0.15, 0.2) is 5.96 Å². The molecule has 0 radical (unpaired) electrons. The Morgan fingerprint density at radius 3 is 2.74 bits per heavy atom. The lowest BCUT2D eigenvalue weighted by atomic mass is 10.1. The van der Waals surface area contributed by atoms with Gasteiger partial charge in [0.05, 0.1) is 18.8 Å². The van der Waals surface area contributed by atoms with Crippen molar-refractivity contribution in [3.8, 4) is 0 Å². The van der Waals surface area contributed by atoms with Gasteiger partial charge in [0.25, 0.3) is 0 Å². The molecule has 1 saturated heterocycles. The molecule has 2 aromatic rings. The fourth-order valence-electron chi connectivity index (χ4n) is 3.37. The molecule has 1 aliphatic rings. The largest absolute Gasteiger partial charge is 0.468 e. The summed E-state index contributed by atoms with van der Waals surface area (Å²) in [6, 6.07) is 8.55. The maximum Gasteiger partial charge on any atom is 0.191 e. The molecule has 2 N–H and O–H groups in total. The standard InChI is InChI=1S/C20H30N4OS.HI/c1-2-21-20(22-11-10-17-8-7-15-26-17)23-16-18(19-9-6-14-25-19)24-12-4-3-5-13-24;/h6-9,14-15,18H,2-5,10-13,16H2,1H3,(H2,21,22,23);1H. The highest BCUT2D eigenvalue weighted by molar-refractivity contribution is 14.0. The third-order valence-electron chi connectivity index (χ3n) is 4.71. The van der Waals surface area contributed by atoms with Gasteiger partial charge in [-0.15, -0.1) is 35.3 Å². The molecular weight excluding hydrogens is 471 g/mol. The molecule has 3 rings (SSSR count). The Morgan fingerprint density at radius 2 is 2.07 bits per heavy atom. The van der Waals surface area contributed by atoms with E-state index in [1.165, 1.54) is 24.1 Å². The van der Waals surface area contributed by atoms with Crippen LogP contribution in [0.15, 0.2) is 45.3 Å². The summed E-state index contributed by atoms with van der Waals surface area (Å²) >= 11 is 1.80. The quantitative estimate of drug-likeness (QED) is 0.322. The Hall–Kier alpha value is -1.06. The molecule has 27 heavy (non-hydrogen) atoms. The Labute approximate surface area is 183 Å². The average Bonchev–Trinajstić information content (AvgIpc) is 3.37. The summed E-state index contributed by atoms with van der Waals surface area (Å²) in [5, 5.41) is 8.94. The Morgan fingerprint density at radius 1 is 1.22 bits per heavy atom. The van der Waals surface area contributed by atoms with Crippen molar-refractivity contribution in [2.24, 2.45) is 4.99 Å². The summed E-state index contributed by atoms with van der Waals surface area (Å²) in [4.78, 5) is 8.77. The molecule has 1 aliphatic heterocycles. The molecule has 2 aromatic heterocycles. The van der Waals surface area contributed by atoms with Gasteiger partial charge in [-0.1, -0.05) is 12.5 Å². The van der Waals surface area contributed by atoms with Gasteiger partial charge in [0.1, 0.15) is 5.76 Å². The first-order valence-electron chi connectivity index (χ1n) is 9.69. The van der Waals surface area contributed by atoms with E-state index in [1.54, 1.807) is 17.6 Å². The van der Waals surface area contributed by atoms with Crippen LogP contribution in [0.1, 0.15) is 42.9 Å². The number of halogens is 1. The van der Waals surface area contributed by atoms with E-state index in [0.717, 1.165) is 44.3 Å². The molecule has 0 amide bonds. The van der Waals surface area contributed by atoms with Crippen LogP contribution in [0.2, 0.25) is 0 Å². The predicted octanol–water partition coefficient (Wildman–Crippen LogP) is 4.28. The van der Waals surface area contributed by atoms with E-state index in [4.69, 9.17) is 9.41 Å². The van der Waals surface area contributed by atoms with Crippen LogP contribution in [0.25, 0.3) is 0 Å². The molecule has 1 fully saturated rings. The number of aliphatic imine (C=N–C) groups is 1. The molecule has 0 spiro atoms. The highest BCUT2D eigenvalue weighted by atomic mass is 127. The number of hydrogen-bond donors (Lipinski definition) is 2. The van der Waals surface area contributed by atoms with E-state index in [0.29, 0.717) is 6.54 Å². The van der Waals surface area contributed by atoms with Crippen LogP contribution in [0, 0.1) is 0 Å². The molecule has 7 heteroatoms. The topological polar surface area (TPSA) is 52.8 Å². The summed E-state index contributed by atoms with van der Waals surface area (Å²) in [6.07, 6.45) is 6.65. The van der Waals surface area contributed by atoms with Gasteiger partial charge >= 0.3 is 0 Å². The minimum Gasteiger partial charge on any atom is -0.468 e. The summed E-state index contributed by atoms with van der Waals surface area (Å²) in [5.74, 6) is 1.91. The predicted molar refractivity (Wildman–Crippen MR) is 124 cm³/mol. The second-order valence-electron chi connectivity index (χ2n) is 6.60. The summed E-state index contributed by atoms with van der Waals surface area (Å²) in [5.41, 5.74) is 0. The summed E-state index contributed by atoms with van der Waals surface area (Å²) in [7, 11) is 0. The van der Waals surface area contributed by atoms with Crippen molar-refractivity contribution < 1.29 is 4.42 Å². The number of furan rings is 1. The van der Waals surface area contributed by atoms with Gasteiger partial charge in [0.2, 0.25) is 0 Å². The number of nitrogens with one attached hydrogen (secondary N) is 2. The zero-order valence-corrected chi connectivity index (χ0v) is 19.2. The van der Waals surface area contributed by atoms with Crippen LogP contribution in [0.5, 0.6) is 0 Å². The number of nitrogens with zero attached hydrogens (tertiary/aromatic N) is 2. The van der Waals surface area contributed by atoms with Crippen LogP contribution < -0.4 is 10.6 Å². The van der Waals surface area contributed by atoms with Crippen LogP contribution in [-0.2, 0) is 6.42 Å². The van der Waals surface area contributed by atoms with Crippen molar-refractivity contribution in [1.29, 1.82) is 0 Å². The van der Waals surface area contributed by atoms with E-state index in [1.807, 2.05) is 6.07 Å². The number of thiophene rings is 1. The normalized spacial score (nSPS) is 16.6.